The van der Waals surface area contributed by atoms with E-state index in [-0.39, 0.29) is 0 Å². The number of nitrogen functional groups attached to an aromatic ring is 1. The molecule has 6 heteroatoms. The molecule has 0 radical (unpaired) electrons. The molecule has 0 saturated heterocycles. The number of nitrogens with one attached hydrogen (secondary N) is 1. The molecule has 0 saturated carbocycles. The molecule has 0 heterocycles. The molecule has 20 heavy (non-hydrogen) atoms. The Balaban J connectivity index is 2.45. The highest BCUT2D eigenvalue weighted by Crippen LogP contribution is 2.19. The Hall–Kier alpha value is -1.79. The largest absolute Gasteiger partial charge is 0.465 e. The summed E-state index contributed by atoms with van der Waals surface area (Å²) >= 11 is 0. The van der Waals surface area contributed by atoms with Gasteiger partial charge in [0.2, 0.25) is 0 Å². The molecule has 6 nitrogen and oxygen atoms in total. The Bertz CT molecular complexity index is 436. The predicted molar refractivity (Wildman–Crippen MR) is 80.1 cm³/mol. The fraction of sp³-hybridized carbons (Fsp3) is 0.500. The second-order valence-electron chi connectivity index (χ2n) is 4.64. The van der Waals surface area contributed by atoms with Crippen LogP contribution in [0.4, 0.5) is 11.4 Å². The first-order valence-corrected chi connectivity index (χ1v) is 6.48. The first-order chi connectivity index (χ1) is 9.54. The van der Waals surface area contributed by atoms with Gasteiger partial charge in [0.15, 0.2) is 0 Å². The Kier molecular flexibility index (Phi) is 6.83. The van der Waals surface area contributed by atoms with Gasteiger partial charge in [0.05, 0.1) is 25.9 Å². The molecule has 1 aromatic rings. The summed E-state index contributed by atoms with van der Waals surface area (Å²) < 4.78 is 10.2. The summed E-state index contributed by atoms with van der Waals surface area (Å²) in [5.41, 5.74) is 7.33. The highest BCUT2D eigenvalue weighted by atomic mass is 16.5. The summed E-state index contributed by atoms with van der Waals surface area (Å²) in [6.45, 7) is 2.75. The van der Waals surface area contributed by atoms with Gasteiger partial charge < -0.3 is 25.4 Å². The molecular formula is C14H23N3O3. The summed E-state index contributed by atoms with van der Waals surface area (Å²) in [5, 5.41) is 3.15. The first kappa shape index (κ1) is 16.3. The maximum atomic E-state index is 11.6. The van der Waals surface area contributed by atoms with E-state index in [1.807, 2.05) is 14.1 Å². The minimum atomic E-state index is -0.409. The van der Waals surface area contributed by atoms with E-state index in [4.69, 9.17) is 15.2 Å². The summed E-state index contributed by atoms with van der Waals surface area (Å²) in [7, 11) is 5.34. The number of likely N-dealkylation sites (N-methyl/N-ethyl adjacent to an activating group) is 1. The summed E-state index contributed by atoms with van der Waals surface area (Å²) in [5.74, 6) is -0.409. The van der Waals surface area contributed by atoms with Crippen molar-refractivity contribution < 1.29 is 14.3 Å². The summed E-state index contributed by atoms with van der Waals surface area (Å²) in [6.07, 6.45) is 0. The van der Waals surface area contributed by atoms with E-state index in [1.54, 1.807) is 18.2 Å². The molecule has 0 spiro atoms. The maximum absolute atomic E-state index is 11.6. The molecule has 0 aromatic heterocycles. The monoisotopic (exact) mass is 281 g/mol. The Morgan fingerprint density at radius 2 is 2.10 bits per heavy atom. The van der Waals surface area contributed by atoms with Gasteiger partial charge in [-0.25, -0.2) is 4.79 Å². The zero-order valence-corrected chi connectivity index (χ0v) is 12.3. The van der Waals surface area contributed by atoms with Crippen molar-refractivity contribution in [3.63, 3.8) is 0 Å². The lowest BCUT2D eigenvalue weighted by molar-refractivity contribution is 0.0601. The molecule has 0 amide bonds. The van der Waals surface area contributed by atoms with Gasteiger partial charge in [-0.05, 0) is 32.3 Å². The van der Waals surface area contributed by atoms with Crippen LogP contribution in [0.2, 0.25) is 0 Å². The molecule has 0 fully saturated rings. The van der Waals surface area contributed by atoms with Gasteiger partial charge in [-0.1, -0.05) is 0 Å². The van der Waals surface area contributed by atoms with Crippen LogP contribution in [0.15, 0.2) is 18.2 Å². The molecule has 0 aliphatic heterocycles. The zero-order chi connectivity index (χ0) is 15.0. The number of hydrogen-bond acceptors (Lipinski definition) is 6. The van der Waals surface area contributed by atoms with E-state index < -0.39 is 5.97 Å². The number of methoxy groups -OCH3 is 1. The third kappa shape index (κ3) is 5.46. The number of nitrogens with zero attached hydrogens (tertiary/aromatic N) is 1. The second kappa shape index (κ2) is 8.39. The van der Waals surface area contributed by atoms with Crippen LogP contribution in [-0.2, 0) is 9.47 Å². The molecule has 1 aromatic carbocycles. The normalized spacial score (nSPS) is 10.6. The van der Waals surface area contributed by atoms with Crippen molar-refractivity contribution in [3.05, 3.63) is 23.8 Å². The Morgan fingerprint density at radius 3 is 2.75 bits per heavy atom. The molecule has 1 rings (SSSR count). The van der Waals surface area contributed by atoms with E-state index in [1.165, 1.54) is 7.11 Å². The van der Waals surface area contributed by atoms with Crippen molar-refractivity contribution in [2.24, 2.45) is 0 Å². The molecule has 0 atom stereocenters. The van der Waals surface area contributed by atoms with Crippen molar-refractivity contribution in [1.82, 2.24) is 4.90 Å². The molecule has 0 unspecified atom stereocenters. The summed E-state index contributed by atoms with van der Waals surface area (Å²) in [6, 6.07) is 5.10. The number of rotatable bonds is 8. The van der Waals surface area contributed by atoms with Gasteiger partial charge in [0.25, 0.3) is 0 Å². The van der Waals surface area contributed by atoms with Crippen molar-refractivity contribution in [2.45, 2.75) is 0 Å². The molecule has 0 aliphatic carbocycles. The van der Waals surface area contributed by atoms with Crippen LogP contribution >= 0.6 is 0 Å². The number of hydrogen-bond donors (Lipinski definition) is 2. The van der Waals surface area contributed by atoms with Crippen molar-refractivity contribution in [3.8, 4) is 0 Å². The van der Waals surface area contributed by atoms with Crippen molar-refractivity contribution in [1.29, 1.82) is 0 Å². The first-order valence-electron chi connectivity index (χ1n) is 6.48. The van der Waals surface area contributed by atoms with E-state index in [0.717, 1.165) is 6.54 Å². The number of esters is 1. The quantitative estimate of drug-likeness (QED) is 0.421. The minimum Gasteiger partial charge on any atom is -0.465 e. The van der Waals surface area contributed by atoms with Gasteiger partial charge in [0.1, 0.15) is 0 Å². The number of carbonyl (C=O) groups is 1. The minimum absolute atomic E-state index is 0.409. The molecular weight excluding hydrogens is 258 g/mol. The summed E-state index contributed by atoms with van der Waals surface area (Å²) in [4.78, 5) is 13.7. The molecule has 3 N–H and O–H groups in total. The fourth-order valence-electron chi connectivity index (χ4n) is 1.60. The molecule has 0 bridgehead atoms. The lowest BCUT2D eigenvalue weighted by Crippen LogP contribution is -2.20. The van der Waals surface area contributed by atoms with Crippen LogP contribution in [0, 0.1) is 0 Å². The van der Waals surface area contributed by atoms with Crippen molar-refractivity contribution in [2.75, 3.05) is 58.6 Å². The third-order valence-corrected chi connectivity index (χ3v) is 2.69. The van der Waals surface area contributed by atoms with E-state index in [2.05, 4.69) is 10.2 Å². The van der Waals surface area contributed by atoms with Gasteiger partial charge in [-0.3, -0.25) is 0 Å². The number of carbonyl (C=O) groups excluding carboxylic acids is 1. The number of anilines is 2. The van der Waals surface area contributed by atoms with Gasteiger partial charge in [-0.15, -0.1) is 0 Å². The standard InChI is InChI=1S/C14H23N3O3/c1-17(2)7-9-20-8-6-16-13-5-4-11(15)10-12(13)14(18)19-3/h4-5,10,16H,6-9,15H2,1-3H3. The fourth-order valence-corrected chi connectivity index (χ4v) is 1.60. The van der Waals surface area contributed by atoms with Gasteiger partial charge in [-0.2, -0.15) is 0 Å². The van der Waals surface area contributed by atoms with E-state index in [0.29, 0.717) is 36.7 Å². The lowest BCUT2D eigenvalue weighted by atomic mass is 10.1. The van der Waals surface area contributed by atoms with Crippen LogP contribution in [0.3, 0.4) is 0 Å². The number of ether oxygens (including phenoxy) is 2. The Morgan fingerprint density at radius 1 is 1.35 bits per heavy atom. The zero-order valence-electron chi connectivity index (χ0n) is 12.3. The third-order valence-electron chi connectivity index (χ3n) is 2.69. The Labute approximate surface area is 119 Å². The average Bonchev–Trinajstić information content (AvgIpc) is 2.42. The number of benzene rings is 1. The number of nitrogens with two attached hydrogens (primary N) is 1. The molecule has 112 valence electrons. The second-order valence-corrected chi connectivity index (χ2v) is 4.64. The van der Waals surface area contributed by atoms with Crippen molar-refractivity contribution >= 4 is 17.3 Å². The predicted octanol–water partition coefficient (Wildman–Crippen LogP) is 1.05. The van der Waals surface area contributed by atoms with Crippen LogP contribution in [0.5, 0.6) is 0 Å². The molecule has 0 aliphatic rings. The SMILES string of the molecule is COC(=O)c1cc(N)ccc1NCCOCCN(C)C. The highest BCUT2D eigenvalue weighted by molar-refractivity contribution is 5.96. The van der Waals surface area contributed by atoms with Crippen LogP contribution < -0.4 is 11.1 Å². The van der Waals surface area contributed by atoms with Crippen LogP contribution in [0.1, 0.15) is 10.4 Å². The topological polar surface area (TPSA) is 76.8 Å². The van der Waals surface area contributed by atoms with Crippen LogP contribution in [-0.4, -0.2) is 58.4 Å². The van der Waals surface area contributed by atoms with Gasteiger partial charge >= 0.3 is 5.97 Å². The van der Waals surface area contributed by atoms with Crippen LogP contribution in [0.25, 0.3) is 0 Å². The average molecular weight is 281 g/mol. The van der Waals surface area contributed by atoms with E-state index >= 15 is 0 Å². The van der Waals surface area contributed by atoms with Gasteiger partial charge in [0, 0.05) is 24.5 Å². The highest BCUT2D eigenvalue weighted by Gasteiger charge is 2.11. The smallest absolute Gasteiger partial charge is 0.340 e. The lowest BCUT2D eigenvalue weighted by Gasteiger charge is -2.13. The van der Waals surface area contributed by atoms with E-state index in [9.17, 15) is 4.79 Å². The maximum Gasteiger partial charge on any atom is 0.340 e.